The summed E-state index contributed by atoms with van der Waals surface area (Å²) in [4.78, 5) is 0. The van der Waals surface area contributed by atoms with Gasteiger partial charge < -0.3 is 0 Å². The molecular weight excluding hydrogens is 236 g/mol. The van der Waals surface area contributed by atoms with Crippen LogP contribution in [-0.4, -0.2) is 15.0 Å². The fourth-order valence-corrected chi connectivity index (χ4v) is 2.55. The van der Waals surface area contributed by atoms with Crippen molar-refractivity contribution in [3.63, 3.8) is 0 Å². The zero-order valence-corrected chi connectivity index (χ0v) is 11.0. The van der Waals surface area contributed by atoms with E-state index >= 15 is 0 Å². The molecule has 0 N–H and O–H groups in total. The third-order valence-corrected chi connectivity index (χ3v) is 3.95. The average molecular weight is 252 g/mol. The first-order valence-corrected chi connectivity index (χ1v) is 6.67. The van der Waals surface area contributed by atoms with Crippen LogP contribution in [0.4, 0.5) is 0 Å². The zero-order chi connectivity index (χ0) is 13.2. The summed E-state index contributed by atoms with van der Waals surface area (Å²) in [6.45, 7) is 2.80. The molecule has 1 aliphatic rings. The Balaban J connectivity index is 1.95. The monoisotopic (exact) mass is 252 g/mol. The summed E-state index contributed by atoms with van der Waals surface area (Å²) in [5.74, 6) is 0.466. The highest BCUT2D eigenvalue weighted by Crippen LogP contribution is 2.37. The number of rotatable bonds is 3. The van der Waals surface area contributed by atoms with E-state index in [4.69, 9.17) is 5.26 Å². The lowest BCUT2D eigenvalue weighted by molar-refractivity contribution is 0.391. The maximum absolute atomic E-state index is 9.16. The van der Waals surface area contributed by atoms with Gasteiger partial charge in [-0.15, -0.1) is 5.10 Å². The van der Waals surface area contributed by atoms with Gasteiger partial charge in [-0.2, -0.15) is 5.26 Å². The van der Waals surface area contributed by atoms with Gasteiger partial charge in [0.15, 0.2) is 5.69 Å². The molecule has 3 rings (SSSR count). The summed E-state index contributed by atoms with van der Waals surface area (Å²) >= 11 is 0. The van der Waals surface area contributed by atoms with Gasteiger partial charge in [0.2, 0.25) is 0 Å². The van der Waals surface area contributed by atoms with Gasteiger partial charge >= 0.3 is 0 Å². The van der Waals surface area contributed by atoms with Gasteiger partial charge in [0.25, 0.3) is 0 Å². The van der Waals surface area contributed by atoms with E-state index < -0.39 is 0 Å². The van der Waals surface area contributed by atoms with Crippen molar-refractivity contribution in [2.45, 2.75) is 38.6 Å². The van der Waals surface area contributed by atoms with Crippen molar-refractivity contribution in [3.05, 3.63) is 46.8 Å². The van der Waals surface area contributed by atoms with Crippen molar-refractivity contribution in [1.82, 2.24) is 15.0 Å². The van der Waals surface area contributed by atoms with Gasteiger partial charge in [-0.1, -0.05) is 35.9 Å². The van der Waals surface area contributed by atoms with Crippen molar-refractivity contribution < 1.29 is 0 Å². The molecule has 1 heterocycles. The van der Waals surface area contributed by atoms with E-state index in [9.17, 15) is 0 Å². The first-order valence-electron chi connectivity index (χ1n) is 6.67. The van der Waals surface area contributed by atoms with Crippen molar-refractivity contribution in [3.8, 4) is 6.07 Å². The van der Waals surface area contributed by atoms with Crippen LogP contribution in [0.1, 0.15) is 47.7 Å². The van der Waals surface area contributed by atoms with E-state index in [2.05, 4.69) is 35.4 Å². The van der Waals surface area contributed by atoms with Gasteiger partial charge in [-0.25, -0.2) is 4.68 Å². The predicted octanol–water partition coefficient (Wildman–Crippen LogP) is 2.77. The summed E-state index contributed by atoms with van der Waals surface area (Å²) in [6, 6.07) is 10.4. The van der Waals surface area contributed by atoms with E-state index in [1.54, 1.807) is 0 Å². The Hall–Kier alpha value is -2.15. The first-order chi connectivity index (χ1) is 9.29. The van der Waals surface area contributed by atoms with Gasteiger partial charge in [0.05, 0.1) is 12.2 Å². The normalized spacial score (nSPS) is 14.9. The SMILES string of the molecule is Cc1ccccc1Cn1nnc(C#N)c1C1CCC1. The molecule has 1 fully saturated rings. The van der Waals surface area contributed by atoms with Gasteiger partial charge in [0.1, 0.15) is 6.07 Å². The molecule has 1 aliphatic carbocycles. The Morgan fingerprint density at radius 3 is 2.79 bits per heavy atom. The van der Waals surface area contributed by atoms with Crippen LogP contribution in [0, 0.1) is 18.3 Å². The van der Waals surface area contributed by atoms with Crippen LogP contribution in [0.25, 0.3) is 0 Å². The number of aryl methyl sites for hydroxylation is 1. The number of nitrogens with zero attached hydrogens (tertiary/aromatic N) is 4. The van der Waals surface area contributed by atoms with Crippen LogP contribution < -0.4 is 0 Å². The van der Waals surface area contributed by atoms with E-state index in [1.165, 1.54) is 17.5 Å². The number of hydrogen-bond acceptors (Lipinski definition) is 3. The largest absolute Gasteiger partial charge is 0.243 e. The first kappa shape index (κ1) is 11.9. The van der Waals surface area contributed by atoms with Crippen molar-refractivity contribution in [2.24, 2.45) is 0 Å². The lowest BCUT2D eigenvalue weighted by Crippen LogP contribution is -2.17. The Labute approximate surface area is 112 Å². The third-order valence-electron chi connectivity index (χ3n) is 3.95. The fraction of sp³-hybridized carbons (Fsp3) is 0.400. The molecule has 96 valence electrons. The maximum atomic E-state index is 9.16. The van der Waals surface area contributed by atoms with E-state index in [1.807, 2.05) is 16.8 Å². The van der Waals surface area contributed by atoms with E-state index in [0.717, 1.165) is 18.5 Å². The molecule has 2 aromatic rings. The van der Waals surface area contributed by atoms with Crippen LogP contribution in [0.15, 0.2) is 24.3 Å². The van der Waals surface area contributed by atoms with Gasteiger partial charge in [0, 0.05) is 5.92 Å². The quantitative estimate of drug-likeness (QED) is 0.844. The molecule has 4 nitrogen and oxygen atoms in total. The highest BCUT2D eigenvalue weighted by atomic mass is 15.4. The molecule has 0 atom stereocenters. The molecule has 0 radical (unpaired) electrons. The van der Waals surface area contributed by atoms with E-state index in [-0.39, 0.29) is 0 Å². The van der Waals surface area contributed by atoms with Crippen LogP contribution in [0.3, 0.4) is 0 Å². The highest BCUT2D eigenvalue weighted by Gasteiger charge is 2.27. The molecule has 0 unspecified atom stereocenters. The van der Waals surface area contributed by atoms with Gasteiger partial charge in [-0.3, -0.25) is 0 Å². The van der Waals surface area contributed by atoms with Crippen molar-refractivity contribution in [1.29, 1.82) is 5.26 Å². The van der Waals surface area contributed by atoms with Crippen LogP contribution in [0.5, 0.6) is 0 Å². The molecular formula is C15H16N4. The minimum atomic E-state index is 0.466. The lowest BCUT2D eigenvalue weighted by Gasteiger charge is -2.25. The molecule has 1 aromatic heterocycles. The summed E-state index contributed by atoms with van der Waals surface area (Å²) in [5.41, 5.74) is 4.00. The maximum Gasteiger partial charge on any atom is 0.186 e. The predicted molar refractivity (Wildman–Crippen MR) is 71.6 cm³/mol. The second-order valence-corrected chi connectivity index (χ2v) is 5.15. The number of nitriles is 1. The minimum Gasteiger partial charge on any atom is -0.243 e. The summed E-state index contributed by atoms with van der Waals surface area (Å²) in [6.07, 6.45) is 3.54. The Bertz CT molecular complexity index is 632. The summed E-state index contributed by atoms with van der Waals surface area (Å²) in [7, 11) is 0. The molecule has 0 bridgehead atoms. The highest BCUT2D eigenvalue weighted by molar-refractivity contribution is 5.31. The summed E-state index contributed by atoms with van der Waals surface area (Å²) in [5, 5.41) is 17.3. The topological polar surface area (TPSA) is 54.5 Å². The Kier molecular flexibility index (Phi) is 3.04. The Morgan fingerprint density at radius 1 is 1.37 bits per heavy atom. The molecule has 4 heteroatoms. The van der Waals surface area contributed by atoms with Crippen LogP contribution in [0.2, 0.25) is 0 Å². The van der Waals surface area contributed by atoms with Crippen molar-refractivity contribution >= 4 is 0 Å². The summed E-state index contributed by atoms with van der Waals surface area (Å²) < 4.78 is 1.91. The molecule has 0 spiro atoms. The number of benzene rings is 1. The van der Waals surface area contributed by atoms with Crippen LogP contribution >= 0.6 is 0 Å². The van der Waals surface area contributed by atoms with Crippen molar-refractivity contribution in [2.75, 3.05) is 0 Å². The number of hydrogen-bond donors (Lipinski definition) is 0. The smallest absolute Gasteiger partial charge is 0.186 e. The molecule has 0 aliphatic heterocycles. The standard InChI is InChI=1S/C15H16N4/c1-11-5-2-3-6-13(11)10-19-15(12-7-4-8-12)14(9-16)17-18-19/h2-3,5-6,12H,4,7-8,10H2,1H3. The third kappa shape index (κ3) is 2.12. The zero-order valence-electron chi connectivity index (χ0n) is 11.0. The fourth-order valence-electron chi connectivity index (χ4n) is 2.55. The second-order valence-electron chi connectivity index (χ2n) is 5.15. The van der Waals surface area contributed by atoms with Gasteiger partial charge in [-0.05, 0) is 30.9 Å². The number of aromatic nitrogens is 3. The average Bonchev–Trinajstić information content (AvgIpc) is 2.73. The molecule has 0 amide bonds. The molecule has 1 aromatic carbocycles. The Morgan fingerprint density at radius 2 is 2.16 bits per heavy atom. The lowest BCUT2D eigenvalue weighted by atomic mass is 9.82. The minimum absolute atomic E-state index is 0.466. The molecule has 19 heavy (non-hydrogen) atoms. The van der Waals surface area contributed by atoms with Crippen LogP contribution in [-0.2, 0) is 6.54 Å². The molecule has 0 saturated heterocycles. The molecule has 1 saturated carbocycles. The van der Waals surface area contributed by atoms with E-state index in [0.29, 0.717) is 18.2 Å². The second kappa shape index (κ2) is 4.85.